The van der Waals surface area contributed by atoms with E-state index in [9.17, 15) is 5.11 Å². The fourth-order valence-corrected chi connectivity index (χ4v) is 3.07. The summed E-state index contributed by atoms with van der Waals surface area (Å²) in [6.45, 7) is 2.86. The van der Waals surface area contributed by atoms with Crippen LogP contribution in [0.25, 0.3) is 0 Å². The fourth-order valence-electron chi connectivity index (χ4n) is 2.87. The first-order valence-corrected chi connectivity index (χ1v) is 7.39. The summed E-state index contributed by atoms with van der Waals surface area (Å²) in [4.78, 5) is 2.35. The molecule has 0 aliphatic heterocycles. The molecule has 0 heterocycles. The van der Waals surface area contributed by atoms with Crippen LogP contribution >= 0.6 is 11.6 Å². The molecule has 0 spiro atoms. The van der Waals surface area contributed by atoms with Gasteiger partial charge in [0.05, 0.1) is 12.6 Å². The van der Waals surface area contributed by atoms with Crippen LogP contribution in [0.1, 0.15) is 37.8 Å². The van der Waals surface area contributed by atoms with Gasteiger partial charge in [-0.25, -0.2) is 0 Å². The van der Waals surface area contributed by atoms with Crippen molar-refractivity contribution in [3.63, 3.8) is 0 Å². The molecule has 1 aliphatic carbocycles. The summed E-state index contributed by atoms with van der Waals surface area (Å²) in [7, 11) is 0. The number of rotatable bonds is 6. The van der Waals surface area contributed by atoms with Gasteiger partial charge in [0.2, 0.25) is 0 Å². The fraction of sp³-hybridized carbons (Fsp3) is 0.600. The SMILES string of the molecule is CC(N)C(c1cccc(Cl)c1)N(CCO)C1CCC1. The van der Waals surface area contributed by atoms with Crippen molar-refractivity contribution in [2.45, 2.75) is 44.3 Å². The normalized spacial score (nSPS) is 19.2. The van der Waals surface area contributed by atoms with Gasteiger partial charge < -0.3 is 10.8 Å². The van der Waals surface area contributed by atoms with Gasteiger partial charge in [-0.1, -0.05) is 30.2 Å². The number of hydrogen-bond acceptors (Lipinski definition) is 3. The molecule has 19 heavy (non-hydrogen) atoms. The second kappa shape index (κ2) is 6.71. The Morgan fingerprint density at radius 1 is 1.47 bits per heavy atom. The van der Waals surface area contributed by atoms with Gasteiger partial charge in [0.1, 0.15) is 0 Å². The van der Waals surface area contributed by atoms with E-state index in [1.807, 2.05) is 25.1 Å². The molecule has 3 N–H and O–H groups in total. The van der Waals surface area contributed by atoms with Gasteiger partial charge in [0.15, 0.2) is 0 Å². The molecule has 1 saturated carbocycles. The summed E-state index contributed by atoms with van der Waals surface area (Å²) < 4.78 is 0. The van der Waals surface area contributed by atoms with Crippen molar-refractivity contribution in [1.29, 1.82) is 0 Å². The number of nitrogens with two attached hydrogens (primary N) is 1. The monoisotopic (exact) mass is 282 g/mol. The van der Waals surface area contributed by atoms with E-state index in [1.165, 1.54) is 19.3 Å². The van der Waals surface area contributed by atoms with E-state index in [-0.39, 0.29) is 18.7 Å². The summed E-state index contributed by atoms with van der Waals surface area (Å²) in [5.74, 6) is 0. The first kappa shape index (κ1) is 14.8. The molecule has 2 rings (SSSR count). The quantitative estimate of drug-likeness (QED) is 0.843. The van der Waals surface area contributed by atoms with Gasteiger partial charge >= 0.3 is 0 Å². The Kier molecular flexibility index (Phi) is 5.22. The lowest BCUT2D eigenvalue weighted by Gasteiger charge is -2.44. The zero-order valence-electron chi connectivity index (χ0n) is 11.4. The van der Waals surface area contributed by atoms with E-state index in [2.05, 4.69) is 11.0 Å². The zero-order chi connectivity index (χ0) is 13.8. The first-order chi connectivity index (χ1) is 9.13. The number of hydrogen-bond donors (Lipinski definition) is 2. The van der Waals surface area contributed by atoms with Gasteiger partial charge in [-0.05, 0) is 37.5 Å². The predicted molar refractivity (Wildman–Crippen MR) is 79.3 cm³/mol. The van der Waals surface area contributed by atoms with Crippen molar-refractivity contribution in [3.05, 3.63) is 34.9 Å². The minimum atomic E-state index is 0.00520. The van der Waals surface area contributed by atoms with E-state index in [0.29, 0.717) is 12.6 Å². The van der Waals surface area contributed by atoms with Crippen LogP contribution in [0.2, 0.25) is 5.02 Å². The van der Waals surface area contributed by atoms with E-state index in [0.717, 1.165) is 10.6 Å². The maximum absolute atomic E-state index is 9.33. The van der Waals surface area contributed by atoms with Gasteiger partial charge in [0.25, 0.3) is 0 Å². The Morgan fingerprint density at radius 2 is 2.21 bits per heavy atom. The molecule has 0 bridgehead atoms. The summed E-state index contributed by atoms with van der Waals surface area (Å²) >= 11 is 6.09. The van der Waals surface area contributed by atoms with Crippen LogP contribution < -0.4 is 5.73 Å². The molecular formula is C15H23ClN2O. The Balaban J connectivity index is 2.26. The van der Waals surface area contributed by atoms with Crippen molar-refractivity contribution in [1.82, 2.24) is 4.90 Å². The van der Waals surface area contributed by atoms with Crippen molar-refractivity contribution in [2.75, 3.05) is 13.2 Å². The predicted octanol–water partition coefficient (Wildman–Crippen LogP) is 2.58. The first-order valence-electron chi connectivity index (χ1n) is 7.01. The second-order valence-electron chi connectivity index (χ2n) is 5.41. The standard InChI is InChI=1S/C15H23ClN2O/c1-11(17)15(12-4-2-5-13(16)10-12)18(8-9-19)14-6-3-7-14/h2,4-5,10-11,14-15,19H,3,6-9,17H2,1H3. The molecule has 106 valence electrons. The minimum absolute atomic E-state index is 0.00520. The average molecular weight is 283 g/mol. The lowest BCUT2D eigenvalue weighted by atomic mass is 9.87. The van der Waals surface area contributed by atoms with Crippen molar-refractivity contribution in [3.8, 4) is 0 Å². The number of aliphatic hydroxyl groups is 1. The molecule has 1 aromatic carbocycles. The molecule has 2 atom stereocenters. The molecular weight excluding hydrogens is 260 g/mol. The van der Waals surface area contributed by atoms with Crippen LogP contribution in [0.5, 0.6) is 0 Å². The molecule has 3 nitrogen and oxygen atoms in total. The summed E-state index contributed by atoms with van der Waals surface area (Å²) in [5, 5.41) is 10.1. The molecule has 1 aromatic rings. The zero-order valence-corrected chi connectivity index (χ0v) is 12.2. The third-order valence-corrected chi connectivity index (χ3v) is 4.18. The second-order valence-corrected chi connectivity index (χ2v) is 5.84. The van der Waals surface area contributed by atoms with Crippen LogP contribution in [0.3, 0.4) is 0 Å². The van der Waals surface area contributed by atoms with Crippen molar-refractivity contribution < 1.29 is 5.11 Å². The summed E-state index contributed by atoms with van der Waals surface area (Å²) in [6.07, 6.45) is 3.67. The number of benzene rings is 1. The van der Waals surface area contributed by atoms with Gasteiger partial charge in [-0.2, -0.15) is 0 Å². The number of halogens is 1. The highest BCUT2D eigenvalue weighted by Crippen LogP contribution is 2.34. The Bertz CT molecular complexity index is 407. The summed E-state index contributed by atoms with van der Waals surface area (Å²) in [6, 6.07) is 8.57. The van der Waals surface area contributed by atoms with E-state index < -0.39 is 0 Å². The van der Waals surface area contributed by atoms with Crippen molar-refractivity contribution >= 4 is 11.6 Å². The molecule has 1 fully saturated rings. The largest absolute Gasteiger partial charge is 0.395 e. The average Bonchev–Trinajstić information content (AvgIpc) is 2.26. The molecule has 0 saturated heterocycles. The molecule has 0 aromatic heterocycles. The highest BCUT2D eigenvalue weighted by molar-refractivity contribution is 6.30. The van der Waals surface area contributed by atoms with Gasteiger partial charge in [0, 0.05) is 23.7 Å². The molecule has 0 amide bonds. The van der Waals surface area contributed by atoms with Crippen LogP contribution in [-0.2, 0) is 0 Å². The van der Waals surface area contributed by atoms with E-state index in [1.54, 1.807) is 0 Å². The smallest absolute Gasteiger partial charge is 0.0558 e. The number of nitrogens with zero attached hydrogens (tertiary/aromatic N) is 1. The molecule has 1 aliphatic rings. The lowest BCUT2D eigenvalue weighted by Crippen LogP contribution is -2.49. The Morgan fingerprint density at radius 3 is 2.68 bits per heavy atom. The minimum Gasteiger partial charge on any atom is -0.395 e. The van der Waals surface area contributed by atoms with Crippen LogP contribution in [0.4, 0.5) is 0 Å². The van der Waals surface area contributed by atoms with Crippen LogP contribution in [-0.4, -0.2) is 35.2 Å². The highest BCUT2D eigenvalue weighted by Gasteiger charge is 2.32. The Labute approximate surface area is 120 Å². The molecule has 4 heteroatoms. The van der Waals surface area contributed by atoms with Crippen LogP contribution in [0, 0.1) is 0 Å². The van der Waals surface area contributed by atoms with E-state index >= 15 is 0 Å². The maximum Gasteiger partial charge on any atom is 0.0558 e. The summed E-state index contributed by atoms with van der Waals surface area (Å²) in [5.41, 5.74) is 7.34. The van der Waals surface area contributed by atoms with E-state index in [4.69, 9.17) is 17.3 Å². The molecule has 0 radical (unpaired) electrons. The molecule has 2 unspecified atom stereocenters. The lowest BCUT2D eigenvalue weighted by molar-refractivity contribution is 0.0504. The van der Waals surface area contributed by atoms with Gasteiger partial charge in [-0.3, -0.25) is 4.90 Å². The number of aliphatic hydroxyl groups excluding tert-OH is 1. The van der Waals surface area contributed by atoms with Crippen molar-refractivity contribution in [2.24, 2.45) is 5.73 Å². The van der Waals surface area contributed by atoms with Crippen LogP contribution in [0.15, 0.2) is 24.3 Å². The highest BCUT2D eigenvalue weighted by atomic mass is 35.5. The topological polar surface area (TPSA) is 49.5 Å². The third kappa shape index (κ3) is 3.48. The maximum atomic E-state index is 9.33. The Hall–Kier alpha value is -0.610. The third-order valence-electron chi connectivity index (χ3n) is 3.95. The van der Waals surface area contributed by atoms with Gasteiger partial charge in [-0.15, -0.1) is 0 Å².